The van der Waals surface area contributed by atoms with Gasteiger partial charge >= 0.3 is 0 Å². The van der Waals surface area contributed by atoms with E-state index < -0.39 is 5.54 Å². The number of hydrogen-bond acceptors (Lipinski definition) is 3. The molecule has 0 aromatic heterocycles. The molecule has 0 bridgehead atoms. The molecule has 1 heterocycles. The van der Waals surface area contributed by atoms with Crippen molar-refractivity contribution in [3.63, 3.8) is 0 Å². The zero-order chi connectivity index (χ0) is 14.8. The van der Waals surface area contributed by atoms with Gasteiger partial charge in [-0.05, 0) is 38.9 Å². The van der Waals surface area contributed by atoms with E-state index in [9.17, 15) is 4.79 Å². The number of benzene rings is 1. The average Bonchev–Trinajstić information content (AvgIpc) is 2.42. The molecule has 1 amide bonds. The van der Waals surface area contributed by atoms with Crippen molar-refractivity contribution in [2.45, 2.75) is 39.3 Å². The number of rotatable bonds is 4. The molecule has 4 heteroatoms. The Balaban J connectivity index is 2.39. The van der Waals surface area contributed by atoms with Gasteiger partial charge in [0.05, 0.1) is 0 Å². The third-order valence-corrected chi connectivity index (χ3v) is 4.06. The van der Waals surface area contributed by atoms with Crippen molar-refractivity contribution in [1.29, 1.82) is 0 Å². The first-order valence-electron chi connectivity index (χ1n) is 7.36. The van der Waals surface area contributed by atoms with Crippen LogP contribution < -0.4 is 15.5 Å². The molecule has 0 radical (unpaired) electrons. The number of para-hydroxylation sites is 1. The van der Waals surface area contributed by atoms with Crippen LogP contribution in [0.5, 0.6) is 0 Å². The predicted octanol–water partition coefficient (Wildman–Crippen LogP) is 2.07. The van der Waals surface area contributed by atoms with Gasteiger partial charge in [0.15, 0.2) is 0 Å². The zero-order valence-electron chi connectivity index (χ0n) is 12.9. The second-order valence-corrected chi connectivity index (χ2v) is 5.80. The Bertz CT molecular complexity index is 484. The Labute approximate surface area is 121 Å². The van der Waals surface area contributed by atoms with E-state index in [4.69, 9.17) is 0 Å². The Kier molecular flexibility index (Phi) is 4.33. The van der Waals surface area contributed by atoms with Gasteiger partial charge in [-0.1, -0.05) is 25.1 Å². The van der Waals surface area contributed by atoms with Gasteiger partial charge in [-0.25, -0.2) is 0 Å². The van der Waals surface area contributed by atoms with Crippen molar-refractivity contribution in [3.8, 4) is 0 Å². The molecule has 0 spiro atoms. The molecule has 2 rings (SSSR count). The summed E-state index contributed by atoms with van der Waals surface area (Å²) in [5.41, 5.74) is 1.89. The Morgan fingerprint density at radius 2 is 2.10 bits per heavy atom. The van der Waals surface area contributed by atoms with Crippen LogP contribution in [0.2, 0.25) is 0 Å². The lowest BCUT2D eigenvalue weighted by Gasteiger charge is -2.44. The number of carbonyl (C=O) groups excluding carboxylic acids is 1. The smallest absolute Gasteiger partial charge is 0.245 e. The third kappa shape index (κ3) is 2.66. The van der Waals surface area contributed by atoms with E-state index in [1.807, 2.05) is 19.9 Å². The van der Waals surface area contributed by atoms with Gasteiger partial charge in [0.25, 0.3) is 0 Å². The number of amides is 1. The van der Waals surface area contributed by atoms with Crippen molar-refractivity contribution >= 4 is 11.6 Å². The minimum absolute atomic E-state index is 0.0923. The third-order valence-electron chi connectivity index (χ3n) is 4.06. The van der Waals surface area contributed by atoms with E-state index in [1.54, 1.807) is 0 Å². The number of carbonyl (C=O) groups is 1. The number of nitrogens with one attached hydrogen (secondary N) is 2. The number of anilines is 1. The van der Waals surface area contributed by atoms with Crippen LogP contribution in [0.25, 0.3) is 0 Å². The molecule has 1 aromatic rings. The monoisotopic (exact) mass is 275 g/mol. The fourth-order valence-corrected chi connectivity index (χ4v) is 2.84. The van der Waals surface area contributed by atoms with E-state index >= 15 is 0 Å². The zero-order valence-corrected chi connectivity index (χ0v) is 12.9. The molecule has 1 unspecified atom stereocenters. The van der Waals surface area contributed by atoms with E-state index in [0.717, 1.165) is 18.8 Å². The van der Waals surface area contributed by atoms with Gasteiger partial charge in [-0.3, -0.25) is 4.79 Å². The Hall–Kier alpha value is -1.55. The standard InChI is InChI=1S/C16H25N3O/c1-5-17-12(2)13-8-6-7-9-14(13)19-11-10-18-15(20)16(19,3)4/h6-9,12,17H,5,10-11H2,1-4H3,(H,18,20). The van der Waals surface area contributed by atoms with Gasteiger partial charge in [0.1, 0.15) is 5.54 Å². The lowest BCUT2D eigenvalue weighted by atomic mass is 9.95. The average molecular weight is 275 g/mol. The maximum absolute atomic E-state index is 12.1. The van der Waals surface area contributed by atoms with Crippen LogP contribution in [-0.4, -0.2) is 31.1 Å². The van der Waals surface area contributed by atoms with Crippen LogP contribution in [0.3, 0.4) is 0 Å². The molecule has 0 aliphatic carbocycles. The van der Waals surface area contributed by atoms with Gasteiger partial charge in [-0.2, -0.15) is 0 Å². The molecule has 2 N–H and O–H groups in total. The van der Waals surface area contributed by atoms with Gasteiger partial charge in [-0.15, -0.1) is 0 Å². The first-order chi connectivity index (χ1) is 9.48. The van der Waals surface area contributed by atoms with Crippen LogP contribution >= 0.6 is 0 Å². The molecule has 1 aliphatic rings. The molecule has 20 heavy (non-hydrogen) atoms. The summed E-state index contributed by atoms with van der Waals surface area (Å²) >= 11 is 0. The summed E-state index contributed by atoms with van der Waals surface area (Å²) in [6.07, 6.45) is 0. The number of piperazine rings is 1. The second-order valence-electron chi connectivity index (χ2n) is 5.80. The van der Waals surface area contributed by atoms with E-state index in [2.05, 4.69) is 47.6 Å². The van der Waals surface area contributed by atoms with Crippen molar-refractivity contribution in [3.05, 3.63) is 29.8 Å². The molecule has 1 atom stereocenters. The summed E-state index contributed by atoms with van der Waals surface area (Å²) < 4.78 is 0. The second kappa shape index (κ2) is 5.83. The Morgan fingerprint density at radius 3 is 2.80 bits per heavy atom. The van der Waals surface area contributed by atoms with Gasteiger partial charge in [0, 0.05) is 24.8 Å². The minimum Gasteiger partial charge on any atom is -0.355 e. The summed E-state index contributed by atoms with van der Waals surface area (Å²) in [4.78, 5) is 14.4. The summed E-state index contributed by atoms with van der Waals surface area (Å²) in [5.74, 6) is 0.0923. The van der Waals surface area contributed by atoms with E-state index in [-0.39, 0.29) is 11.9 Å². The van der Waals surface area contributed by atoms with E-state index in [1.165, 1.54) is 5.56 Å². The molecule has 110 valence electrons. The number of nitrogens with zero attached hydrogens (tertiary/aromatic N) is 1. The Morgan fingerprint density at radius 1 is 1.40 bits per heavy atom. The highest BCUT2D eigenvalue weighted by Gasteiger charge is 2.38. The maximum Gasteiger partial charge on any atom is 0.245 e. The first kappa shape index (κ1) is 14.9. The molecule has 0 saturated carbocycles. The summed E-state index contributed by atoms with van der Waals surface area (Å²) in [6.45, 7) is 10.7. The fraction of sp³-hybridized carbons (Fsp3) is 0.562. The van der Waals surface area contributed by atoms with Gasteiger partial charge < -0.3 is 15.5 Å². The van der Waals surface area contributed by atoms with Crippen LogP contribution in [0.1, 0.15) is 39.3 Å². The molecule has 4 nitrogen and oxygen atoms in total. The number of hydrogen-bond donors (Lipinski definition) is 2. The largest absolute Gasteiger partial charge is 0.355 e. The summed E-state index contributed by atoms with van der Waals surface area (Å²) in [7, 11) is 0. The molecule has 1 aromatic carbocycles. The molecular weight excluding hydrogens is 250 g/mol. The predicted molar refractivity (Wildman–Crippen MR) is 83.0 cm³/mol. The van der Waals surface area contributed by atoms with Crippen LogP contribution in [-0.2, 0) is 4.79 Å². The van der Waals surface area contributed by atoms with Crippen molar-refractivity contribution in [2.24, 2.45) is 0 Å². The normalized spacial score (nSPS) is 19.6. The first-order valence-corrected chi connectivity index (χ1v) is 7.36. The highest BCUT2D eigenvalue weighted by atomic mass is 16.2. The quantitative estimate of drug-likeness (QED) is 0.884. The topological polar surface area (TPSA) is 44.4 Å². The lowest BCUT2D eigenvalue weighted by Crippen LogP contribution is -2.62. The minimum atomic E-state index is -0.514. The van der Waals surface area contributed by atoms with Gasteiger partial charge in [0.2, 0.25) is 5.91 Å². The van der Waals surface area contributed by atoms with Crippen molar-refractivity contribution in [1.82, 2.24) is 10.6 Å². The fourth-order valence-electron chi connectivity index (χ4n) is 2.84. The summed E-state index contributed by atoms with van der Waals surface area (Å²) in [6, 6.07) is 8.63. The van der Waals surface area contributed by atoms with Crippen molar-refractivity contribution in [2.75, 3.05) is 24.5 Å². The maximum atomic E-state index is 12.1. The SMILES string of the molecule is CCNC(C)c1ccccc1N1CCNC(=O)C1(C)C. The highest BCUT2D eigenvalue weighted by molar-refractivity contribution is 5.90. The van der Waals surface area contributed by atoms with Crippen LogP contribution in [0.15, 0.2) is 24.3 Å². The molecule has 1 saturated heterocycles. The summed E-state index contributed by atoms with van der Waals surface area (Å²) in [5, 5.41) is 6.40. The van der Waals surface area contributed by atoms with Crippen LogP contribution in [0.4, 0.5) is 5.69 Å². The molecule has 1 fully saturated rings. The van der Waals surface area contributed by atoms with Crippen LogP contribution in [0, 0.1) is 0 Å². The van der Waals surface area contributed by atoms with E-state index in [0.29, 0.717) is 6.54 Å². The highest BCUT2D eigenvalue weighted by Crippen LogP contribution is 2.32. The molecular formula is C16H25N3O. The lowest BCUT2D eigenvalue weighted by molar-refractivity contribution is -0.126. The molecule has 1 aliphatic heterocycles. The van der Waals surface area contributed by atoms with Crippen molar-refractivity contribution < 1.29 is 4.79 Å².